The Morgan fingerprint density at radius 2 is 2.11 bits per heavy atom. The maximum absolute atomic E-state index is 12.3. The van der Waals surface area contributed by atoms with Crippen molar-refractivity contribution in [3.8, 4) is 6.07 Å². The van der Waals surface area contributed by atoms with Gasteiger partial charge >= 0.3 is 0 Å². The number of nitriles is 1. The summed E-state index contributed by atoms with van der Waals surface area (Å²) in [6, 6.07) is 11.6. The van der Waals surface area contributed by atoms with Gasteiger partial charge in [-0.05, 0) is 12.1 Å². The second-order valence-electron chi connectivity index (χ2n) is 5.73. The van der Waals surface area contributed by atoms with Crippen LogP contribution in [0.3, 0.4) is 0 Å². The Morgan fingerprint density at radius 3 is 2.71 bits per heavy atom. The highest BCUT2D eigenvalue weighted by atomic mass is 32.1. The fourth-order valence-electron chi connectivity index (χ4n) is 2.57. The van der Waals surface area contributed by atoms with Crippen LogP contribution in [0.5, 0.6) is 0 Å². The van der Waals surface area contributed by atoms with E-state index in [0.717, 1.165) is 16.8 Å². The first-order chi connectivity index (χ1) is 13.4. The molecule has 0 fully saturated rings. The lowest BCUT2D eigenvalue weighted by atomic mass is 10.2. The quantitative estimate of drug-likeness (QED) is 0.483. The van der Waals surface area contributed by atoms with Crippen LogP contribution in [0.25, 0.3) is 0 Å². The molecule has 0 atom stereocenters. The number of carbonyl (C=O) groups excluding carboxylic acids is 1. The number of carbonyl (C=O) groups is 1. The van der Waals surface area contributed by atoms with E-state index in [-0.39, 0.29) is 23.7 Å². The zero-order valence-electron chi connectivity index (χ0n) is 14.6. The standard InChI is InChI=1S/C18H13N5O4S/c1-12(24)22(15-5-3-2-4-6-15)18-20-14(11-28-18)9-21-10-16(23(26)27)7-13(8-19)17(21)25/h2-7,10-11H,9H2,1H3. The Bertz CT molecular complexity index is 1150. The number of aromatic nitrogens is 2. The summed E-state index contributed by atoms with van der Waals surface area (Å²) in [4.78, 5) is 40.6. The van der Waals surface area contributed by atoms with Gasteiger partial charge in [-0.1, -0.05) is 18.2 Å². The minimum atomic E-state index is -0.670. The molecule has 0 N–H and O–H groups in total. The predicted molar refractivity (Wildman–Crippen MR) is 103 cm³/mol. The molecule has 0 aliphatic carbocycles. The molecular formula is C18H13N5O4S. The lowest BCUT2D eigenvalue weighted by Crippen LogP contribution is -2.24. The monoisotopic (exact) mass is 395 g/mol. The highest BCUT2D eigenvalue weighted by molar-refractivity contribution is 7.14. The van der Waals surface area contributed by atoms with E-state index in [1.54, 1.807) is 35.7 Å². The van der Waals surface area contributed by atoms with Crippen molar-refractivity contribution in [2.75, 3.05) is 4.90 Å². The fraction of sp³-hybridized carbons (Fsp3) is 0.111. The minimum absolute atomic E-state index is 0.0633. The van der Waals surface area contributed by atoms with Crippen molar-refractivity contribution in [3.63, 3.8) is 0 Å². The molecule has 28 heavy (non-hydrogen) atoms. The van der Waals surface area contributed by atoms with Crippen LogP contribution >= 0.6 is 11.3 Å². The molecule has 3 rings (SSSR count). The maximum Gasteiger partial charge on any atom is 0.287 e. The topological polar surface area (TPSA) is 122 Å². The van der Waals surface area contributed by atoms with Crippen LogP contribution in [0.4, 0.5) is 16.5 Å². The summed E-state index contributed by atoms with van der Waals surface area (Å²) in [5.74, 6) is -0.230. The zero-order chi connectivity index (χ0) is 20.3. The van der Waals surface area contributed by atoms with Crippen molar-refractivity contribution in [1.29, 1.82) is 5.26 Å². The Hall–Kier alpha value is -3.84. The molecule has 10 heteroatoms. The van der Waals surface area contributed by atoms with E-state index in [1.807, 2.05) is 6.07 Å². The Balaban J connectivity index is 1.96. The third-order valence-electron chi connectivity index (χ3n) is 3.80. The number of hydrogen-bond acceptors (Lipinski definition) is 7. The van der Waals surface area contributed by atoms with Crippen LogP contribution < -0.4 is 10.5 Å². The molecule has 0 radical (unpaired) electrons. The van der Waals surface area contributed by atoms with E-state index in [1.165, 1.54) is 23.2 Å². The first-order valence-electron chi connectivity index (χ1n) is 8.00. The van der Waals surface area contributed by atoms with Gasteiger partial charge in [0.15, 0.2) is 5.13 Å². The first kappa shape index (κ1) is 18.9. The van der Waals surface area contributed by atoms with Crippen molar-refractivity contribution in [1.82, 2.24) is 9.55 Å². The minimum Gasteiger partial charge on any atom is -0.302 e. The van der Waals surface area contributed by atoms with Crippen molar-refractivity contribution in [2.24, 2.45) is 0 Å². The van der Waals surface area contributed by atoms with Crippen molar-refractivity contribution >= 4 is 33.8 Å². The molecule has 0 bridgehead atoms. The number of thiazole rings is 1. The molecule has 2 aromatic heterocycles. The summed E-state index contributed by atoms with van der Waals surface area (Å²) in [5, 5.41) is 22.1. The Morgan fingerprint density at radius 1 is 1.39 bits per heavy atom. The van der Waals surface area contributed by atoms with E-state index >= 15 is 0 Å². The number of nitrogens with zero attached hydrogens (tertiary/aromatic N) is 5. The number of hydrogen-bond donors (Lipinski definition) is 0. The van der Waals surface area contributed by atoms with Gasteiger partial charge in [0, 0.05) is 18.4 Å². The molecule has 1 amide bonds. The molecule has 1 aromatic carbocycles. The van der Waals surface area contributed by atoms with Crippen LogP contribution in [0, 0.1) is 21.4 Å². The summed E-state index contributed by atoms with van der Waals surface area (Å²) >= 11 is 1.21. The molecule has 0 aliphatic heterocycles. The molecule has 0 unspecified atom stereocenters. The molecule has 140 valence electrons. The number of amides is 1. The van der Waals surface area contributed by atoms with E-state index in [0.29, 0.717) is 16.5 Å². The van der Waals surface area contributed by atoms with Gasteiger partial charge in [0.2, 0.25) is 5.91 Å². The van der Waals surface area contributed by atoms with E-state index in [2.05, 4.69) is 4.98 Å². The SMILES string of the molecule is CC(=O)N(c1ccccc1)c1nc(Cn2cc([N+](=O)[O-])cc(C#N)c2=O)cs1. The lowest BCUT2D eigenvalue weighted by Gasteiger charge is -2.17. The van der Waals surface area contributed by atoms with Gasteiger partial charge in [0.25, 0.3) is 11.2 Å². The van der Waals surface area contributed by atoms with E-state index in [4.69, 9.17) is 5.26 Å². The van der Waals surface area contributed by atoms with Crippen LogP contribution in [0.2, 0.25) is 0 Å². The number of anilines is 2. The third-order valence-corrected chi connectivity index (χ3v) is 4.67. The van der Waals surface area contributed by atoms with Gasteiger partial charge in [-0.2, -0.15) is 5.26 Å². The number of nitro groups is 1. The van der Waals surface area contributed by atoms with Crippen LogP contribution in [0.15, 0.2) is 52.8 Å². The van der Waals surface area contributed by atoms with Gasteiger partial charge in [-0.3, -0.25) is 24.6 Å². The summed E-state index contributed by atoms with van der Waals surface area (Å²) in [7, 11) is 0. The third kappa shape index (κ3) is 3.79. The first-order valence-corrected chi connectivity index (χ1v) is 8.88. The second kappa shape index (κ2) is 7.81. The van der Waals surface area contributed by atoms with Gasteiger partial charge in [-0.15, -0.1) is 11.3 Å². The average Bonchev–Trinajstić information content (AvgIpc) is 3.11. The number of rotatable bonds is 5. The van der Waals surface area contributed by atoms with Gasteiger partial charge in [-0.25, -0.2) is 4.98 Å². The molecule has 0 spiro atoms. The van der Waals surface area contributed by atoms with Gasteiger partial charge in [0.1, 0.15) is 11.6 Å². The van der Waals surface area contributed by atoms with Gasteiger partial charge < -0.3 is 4.57 Å². The molecule has 0 saturated carbocycles. The number of benzene rings is 1. The number of para-hydroxylation sites is 1. The predicted octanol–water partition coefficient (Wildman–Crippen LogP) is 2.82. The van der Waals surface area contributed by atoms with Crippen molar-refractivity contribution in [3.05, 3.63) is 79.7 Å². The summed E-state index contributed by atoms with van der Waals surface area (Å²) in [6.45, 7) is 1.35. The number of pyridine rings is 1. The zero-order valence-corrected chi connectivity index (χ0v) is 15.4. The van der Waals surface area contributed by atoms with Crippen molar-refractivity contribution in [2.45, 2.75) is 13.5 Å². The normalized spacial score (nSPS) is 10.3. The molecular weight excluding hydrogens is 382 g/mol. The van der Waals surface area contributed by atoms with Crippen LogP contribution in [0.1, 0.15) is 18.2 Å². The summed E-state index contributed by atoms with van der Waals surface area (Å²) in [6.07, 6.45) is 1.07. The lowest BCUT2D eigenvalue weighted by molar-refractivity contribution is -0.385. The highest BCUT2D eigenvalue weighted by Gasteiger charge is 2.19. The largest absolute Gasteiger partial charge is 0.302 e. The van der Waals surface area contributed by atoms with E-state index in [9.17, 15) is 19.7 Å². The molecule has 2 heterocycles. The molecule has 9 nitrogen and oxygen atoms in total. The smallest absolute Gasteiger partial charge is 0.287 e. The summed E-state index contributed by atoms with van der Waals surface area (Å²) < 4.78 is 1.07. The van der Waals surface area contributed by atoms with Crippen molar-refractivity contribution < 1.29 is 9.72 Å². The maximum atomic E-state index is 12.3. The molecule has 0 aliphatic rings. The van der Waals surface area contributed by atoms with Crippen LogP contribution in [-0.2, 0) is 11.3 Å². The highest BCUT2D eigenvalue weighted by Crippen LogP contribution is 2.28. The molecule has 0 saturated heterocycles. The van der Waals surface area contributed by atoms with E-state index < -0.39 is 10.5 Å². The summed E-state index contributed by atoms with van der Waals surface area (Å²) in [5.41, 5.74) is -0.237. The molecule has 3 aromatic rings. The fourth-order valence-corrected chi connectivity index (χ4v) is 3.45. The Kier molecular flexibility index (Phi) is 5.28. The van der Waals surface area contributed by atoms with Gasteiger partial charge in [0.05, 0.1) is 29.0 Å². The average molecular weight is 395 g/mol. The Labute approximate surface area is 162 Å². The second-order valence-corrected chi connectivity index (χ2v) is 6.56. The van der Waals surface area contributed by atoms with Crippen LogP contribution in [-0.4, -0.2) is 20.4 Å².